The molecule has 42 valence electrons. The van der Waals surface area contributed by atoms with Crippen LogP contribution in [-0.4, -0.2) is 15.4 Å². The van der Waals surface area contributed by atoms with E-state index in [4.69, 9.17) is 0 Å². The largest absolute Gasteiger partial charge is 0.197 e. The molecule has 0 saturated heterocycles. The van der Waals surface area contributed by atoms with Crippen molar-refractivity contribution in [2.45, 2.75) is 6.92 Å². The van der Waals surface area contributed by atoms with Gasteiger partial charge in [-0.05, 0) is 13.0 Å². The Morgan fingerprint density at radius 3 is 3.12 bits per heavy atom. The Kier molecular flexibility index (Phi) is 1.42. The average molecular weight is 109 g/mol. The molecule has 0 atom stereocenters. The van der Waals surface area contributed by atoms with E-state index in [0.717, 1.165) is 5.69 Å². The first-order chi connectivity index (χ1) is 3.93. The molecule has 1 heterocycles. The fourth-order valence-corrected chi connectivity index (χ4v) is 0.462. The van der Waals surface area contributed by atoms with Gasteiger partial charge in [-0.15, -0.1) is 0 Å². The highest BCUT2D eigenvalue weighted by Crippen LogP contribution is 1.89. The summed E-state index contributed by atoms with van der Waals surface area (Å²) in [6.45, 7) is 1.94. The van der Waals surface area contributed by atoms with Crippen molar-refractivity contribution < 1.29 is 0 Å². The van der Waals surface area contributed by atoms with Crippen LogP contribution in [0.25, 0.3) is 6.08 Å². The van der Waals surface area contributed by atoms with Crippen molar-refractivity contribution in [2.24, 2.45) is 0 Å². The monoisotopic (exact) mass is 109 g/mol. The molecule has 0 unspecified atom stereocenters. The molecule has 8 heavy (non-hydrogen) atoms. The zero-order chi connectivity index (χ0) is 5.82. The smallest absolute Gasteiger partial charge is 0.105 e. The van der Waals surface area contributed by atoms with Gasteiger partial charge in [-0.1, -0.05) is 6.08 Å². The van der Waals surface area contributed by atoms with Crippen LogP contribution >= 0.6 is 0 Å². The van der Waals surface area contributed by atoms with E-state index in [1.54, 1.807) is 6.20 Å². The van der Waals surface area contributed by atoms with Gasteiger partial charge < -0.3 is 0 Å². The van der Waals surface area contributed by atoms with Gasteiger partial charge in [0.15, 0.2) is 0 Å². The topological polar surface area (TPSA) is 41.6 Å². The SMILES string of the molecule is C/C=C\c1cn[nH]n1. The normalized spacial score (nSPS) is 10.6. The highest BCUT2D eigenvalue weighted by Gasteiger charge is 1.82. The van der Waals surface area contributed by atoms with Gasteiger partial charge in [0, 0.05) is 0 Å². The third-order valence-corrected chi connectivity index (χ3v) is 0.771. The van der Waals surface area contributed by atoms with Crippen LogP contribution < -0.4 is 0 Å². The molecule has 0 aromatic carbocycles. The number of aromatic amines is 1. The first-order valence-corrected chi connectivity index (χ1v) is 2.42. The van der Waals surface area contributed by atoms with Crippen molar-refractivity contribution in [3.8, 4) is 0 Å². The third-order valence-electron chi connectivity index (χ3n) is 0.771. The van der Waals surface area contributed by atoms with Crippen molar-refractivity contribution in [2.75, 3.05) is 0 Å². The minimum atomic E-state index is 0.868. The lowest BCUT2D eigenvalue weighted by molar-refractivity contribution is 0.937. The number of aromatic nitrogens is 3. The number of hydrogen-bond donors (Lipinski definition) is 1. The number of H-pyrrole nitrogens is 1. The van der Waals surface area contributed by atoms with Crippen LogP contribution in [0.3, 0.4) is 0 Å². The first kappa shape index (κ1) is 5.03. The fourth-order valence-electron chi connectivity index (χ4n) is 0.462. The van der Waals surface area contributed by atoms with E-state index in [2.05, 4.69) is 15.4 Å². The molecule has 0 aliphatic rings. The number of nitrogens with zero attached hydrogens (tertiary/aromatic N) is 2. The number of rotatable bonds is 1. The Balaban J connectivity index is 2.77. The van der Waals surface area contributed by atoms with E-state index in [1.807, 2.05) is 19.1 Å². The lowest BCUT2D eigenvalue weighted by atomic mass is 10.4. The van der Waals surface area contributed by atoms with Crippen LogP contribution in [0.1, 0.15) is 12.6 Å². The molecular weight excluding hydrogens is 102 g/mol. The highest BCUT2D eigenvalue weighted by molar-refractivity contribution is 5.41. The average Bonchev–Trinajstić information content (AvgIpc) is 2.19. The summed E-state index contributed by atoms with van der Waals surface area (Å²) >= 11 is 0. The summed E-state index contributed by atoms with van der Waals surface area (Å²) in [6.07, 6.45) is 5.46. The summed E-state index contributed by atoms with van der Waals surface area (Å²) in [6, 6.07) is 0. The number of nitrogens with one attached hydrogen (secondary N) is 1. The van der Waals surface area contributed by atoms with Crippen LogP contribution in [-0.2, 0) is 0 Å². The Morgan fingerprint density at radius 1 is 1.75 bits per heavy atom. The molecular formula is C5H7N3. The van der Waals surface area contributed by atoms with E-state index in [9.17, 15) is 0 Å². The van der Waals surface area contributed by atoms with E-state index in [-0.39, 0.29) is 0 Å². The van der Waals surface area contributed by atoms with Gasteiger partial charge in [0.2, 0.25) is 0 Å². The maximum Gasteiger partial charge on any atom is 0.105 e. The predicted octanol–water partition coefficient (Wildman–Crippen LogP) is 0.838. The maximum atomic E-state index is 3.78. The number of allylic oxidation sites excluding steroid dienone is 1. The Labute approximate surface area is 47.4 Å². The van der Waals surface area contributed by atoms with E-state index in [1.165, 1.54) is 0 Å². The summed E-state index contributed by atoms with van der Waals surface area (Å²) in [7, 11) is 0. The van der Waals surface area contributed by atoms with Crippen molar-refractivity contribution in [3.63, 3.8) is 0 Å². The lowest BCUT2D eigenvalue weighted by Gasteiger charge is -1.71. The first-order valence-electron chi connectivity index (χ1n) is 2.42. The van der Waals surface area contributed by atoms with Crippen LogP contribution in [0.2, 0.25) is 0 Å². The highest BCUT2D eigenvalue weighted by atomic mass is 15.3. The van der Waals surface area contributed by atoms with Crippen LogP contribution in [0, 0.1) is 0 Å². The van der Waals surface area contributed by atoms with Gasteiger partial charge in [-0.25, -0.2) is 0 Å². The van der Waals surface area contributed by atoms with E-state index >= 15 is 0 Å². The van der Waals surface area contributed by atoms with E-state index in [0.29, 0.717) is 0 Å². The van der Waals surface area contributed by atoms with Gasteiger partial charge in [-0.2, -0.15) is 15.4 Å². The molecule has 1 aromatic rings. The van der Waals surface area contributed by atoms with Crippen molar-refractivity contribution in [1.82, 2.24) is 15.4 Å². The minimum Gasteiger partial charge on any atom is -0.197 e. The molecule has 1 aromatic heterocycles. The molecule has 0 fully saturated rings. The number of hydrogen-bond acceptors (Lipinski definition) is 2. The van der Waals surface area contributed by atoms with Gasteiger partial charge in [0.05, 0.1) is 6.20 Å². The lowest BCUT2D eigenvalue weighted by Crippen LogP contribution is -1.68. The minimum absolute atomic E-state index is 0.868. The summed E-state index contributed by atoms with van der Waals surface area (Å²) in [4.78, 5) is 0. The molecule has 0 aliphatic heterocycles. The zero-order valence-corrected chi connectivity index (χ0v) is 4.63. The zero-order valence-electron chi connectivity index (χ0n) is 4.63. The van der Waals surface area contributed by atoms with Gasteiger partial charge in [0.25, 0.3) is 0 Å². The van der Waals surface area contributed by atoms with Gasteiger partial charge in [0.1, 0.15) is 5.69 Å². The Bertz CT molecular complexity index is 164. The van der Waals surface area contributed by atoms with Crippen LogP contribution in [0.15, 0.2) is 12.3 Å². The summed E-state index contributed by atoms with van der Waals surface area (Å²) in [5, 5.41) is 9.90. The molecule has 0 bridgehead atoms. The third kappa shape index (κ3) is 0.932. The van der Waals surface area contributed by atoms with Crippen molar-refractivity contribution in [3.05, 3.63) is 18.0 Å². The molecule has 0 aliphatic carbocycles. The fraction of sp³-hybridized carbons (Fsp3) is 0.200. The molecule has 1 N–H and O–H groups in total. The van der Waals surface area contributed by atoms with Crippen molar-refractivity contribution in [1.29, 1.82) is 0 Å². The summed E-state index contributed by atoms with van der Waals surface area (Å²) in [5.41, 5.74) is 0.868. The molecule has 3 heteroatoms. The molecule has 0 saturated carbocycles. The summed E-state index contributed by atoms with van der Waals surface area (Å²) < 4.78 is 0. The maximum absolute atomic E-state index is 3.78. The second kappa shape index (κ2) is 2.26. The van der Waals surface area contributed by atoms with Crippen LogP contribution in [0.5, 0.6) is 0 Å². The van der Waals surface area contributed by atoms with Crippen molar-refractivity contribution >= 4 is 6.08 Å². The van der Waals surface area contributed by atoms with Gasteiger partial charge in [-0.3, -0.25) is 0 Å². The van der Waals surface area contributed by atoms with Crippen LogP contribution in [0.4, 0.5) is 0 Å². The molecule has 0 radical (unpaired) electrons. The standard InChI is InChI=1S/C5H7N3/c1-2-3-5-4-6-8-7-5/h2-4H,1H3,(H,6,7,8)/b3-2-. The van der Waals surface area contributed by atoms with E-state index < -0.39 is 0 Å². The summed E-state index contributed by atoms with van der Waals surface area (Å²) in [5.74, 6) is 0. The molecule has 3 nitrogen and oxygen atoms in total. The molecule has 0 spiro atoms. The molecule has 0 amide bonds. The van der Waals surface area contributed by atoms with Gasteiger partial charge >= 0.3 is 0 Å². The quantitative estimate of drug-likeness (QED) is 0.580. The second-order valence-corrected chi connectivity index (χ2v) is 1.39. The Morgan fingerprint density at radius 2 is 2.62 bits per heavy atom. The molecule has 1 rings (SSSR count). The Hall–Kier alpha value is -1.12. The predicted molar refractivity (Wildman–Crippen MR) is 31.1 cm³/mol. The second-order valence-electron chi connectivity index (χ2n) is 1.39.